The summed E-state index contributed by atoms with van der Waals surface area (Å²) in [5.41, 5.74) is 0.289. The summed E-state index contributed by atoms with van der Waals surface area (Å²) in [6.07, 6.45) is 5.43. The zero-order chi connectivity index (χ0) is 19.2. The zero-order valence-electron chi connectivity index (χ0n) is 14.8. The predicted octanol–water partition coefficient (Wildman–Crippen LogP) is 0.663. The number of amides is 1. The molecule has 0 saturated carbocycles. The van der Waals surface area contributed by atoms with Gasteiger partial charge in [-0.1, -0.05) is 12.1 Å². The van der Waals surface area contributed by atoms with Crippen LogP contribution in [0.5, 0.6) is 0 Å². The summed E-state index contributed by atoms with van der Waals surface area (Å²) in [4.78, 5) is 41.5. The first-order chi connectivity index (χ1) is 13.0. The third-order valence-electron chi connectivity index (χ3n) is 3.98. The Morgan fingerprint density at radius 1 is 1.37 bits per heavy atom. The van der Waals surface area contributed by atoms with Gasteiger partial charge in [0, 0.05) is 36.6 Å². The van der Waals surface area contributed by atoms with Gasteiger partial charge in [-0.05, 0) is 25.1 Å². The van der Waals surface area contributed by atoms with Crippen molar-refractivity contribution in [2.24, 2.45) is 0 Å². The molecule has 142 valence electrons. The molecule has 0 fully saturated rings. The van der Waals surface area contributed by atoms with Gasteiger partial charge in [-0.25, -0.2) is 9.59 Å². The van der Waals surface area contributed by atoms with E-state index in [9.17, 15) is 14.4 Å². The molecule has 0 bridgehead atoms. The smallest absolute Gasteiger partial charge is 0.407 e. The number of hydrogen-bond donors (Lipinski definition) is 2. The van der Waals surface area contributed by atoms with Gasteiger partial charge in [0.1, 0.15) is 12.7 Å². The van der Waals surface area contributed by atoms with Crippen LogP contribution in [0.4, 0.5) is 4.79 Å². The summed E-state index contributed by atoms with van der Waals surface area (Å²) >= 11 is 0. The third-order valence-corrected chi connectivity index (χ3v) is 3.98. The molecule has 27 heavy (non-hydrogen) atoms. The van der Waals surface area contributed by atoms with Crippen molar-refractivity contribution in [1.29, 1.82) is 0 Å². The van der Waals surface area contributed by atoms with E-state index in [1.54, 1.807) is 25.3 Å². The monoisotopic (exact) mass is 372 g/mol. The molecule has 2 atom stereocenters. The Morgan fingerprint density at radius 3 is 3.00 bits per heavy atom. The number of carbonyl (C=O) groups is 1. The quantitative estimate of drug-likeness (QED) is 0.720. The van der Waals surface area contributed by atoms with Crippen LogP contribution < -0.4 is 16.6 Å². The Morgan fingerprint density at radius 2 is 2.22 bits per heavy atom. The summed E-state index contributed by atoms with van der Waals surface area (Å²) in [5, 5.41) is 2.65. The van der Waals surface area contributed by atoms with E-state index in [0.29, 0.717) is 18.5 Å². The zero-order valence-corrected chi connectivity index (χ0v) is 14.8. The Labute approximate surface area is 154 Å². The van der Waals surface area contributed by atoms with Crippen molar-refractivity contribution in [3.63, 3.8) is 0 Å². The largest absolute Gasteiger partial charge is 0.446 e. The summed E-state index contributed by atoms with van der Waals surface area (Å²) in [6.45, 7) is 2.02. The van der Waals surface area contributed by atoms with Crippen LogP contribution in [0.15, 0.2) is 52.3 Å². The van der Waals surface area contributed by atoms with E-state index in [4.69, 9.17) is 9.47 Å². The van der Waals surface area contributed by atoms with Gasteiger partial charge in [-0.2, -0.15) is 0 Å². The summed E-state index contributed by atoms with van der Waals surface area (Å²) in [6, 6.07) is 5.59. The number of aromatic nitrogens is 3. The van der Waals surface area contributed by atoms with Crippen LogP contribution in [0.2, 0.25) is 0 Å². The van der Waals surface area contributed by atoms with Crippen LogP contribution in [-0.4, -0.2) is 39.9 Å². The maximum Gasteiger partial charge on any atom is 0.407 e. The van der Waals surface area contributed by atoms with E-state index >= 15 is 0 Å². The molecule has 1 amide bonds. The molecule has 1 aliphatic rings. The molecule has 3 heterocycles. The Balaban J connectivity index is 1.43. The van der Waals surface area contributed by atoms with Crippen molar-refractivity contribution in [3.8, 4) is 0 Å². The highest BCUT2D eigenvalue weighted by Crippen LogP contribution is 2.19. The molecule has 2 N–H and O–H groups in total. The van der Waals surface area contributed by atoms with Gasteiger partial charge in [0.15, 0.2) is 6.23 Å². The van der Waals surface area contributed by atoms with Crippen molar-refractivity contribution in [2.75, 3.05) is 13.2 Å². The van der Waals surface area contributed by atoms with E-state index in [1.165, 1.54) is 10.8 Å². The lowest BCUT2D eigenvalue weighted by molar-refractivity contribution is -0.0149. The first-order valence-corrected chi connectivity index (χ1v) is 8.49. The maximum absolute atomic E-state index is 11.9. The highest BCUT2D eigenvalue weighted by atomic mass is 16.6. The van der Waals surface area contributed by atoms with Crippen LogP contribution in [0.1, 0.15) is 17.5 Å². The molecule has 0 unspecified atom stereocenters. The molecule has 2 aromatic heterocycles. The number of aromatic amines is 1. The number of alkyl carbamates (subject to hydrolysis) is 1. The lowest BCUT2D eigenvalue weighted by Gasteiger charge is -2.16. The molecule has 0 spiro atoms. The minimum Gasteiger partial charge on any atom is -0.446 e. The van der Waals surface area contributed by atoms with E-state index in [2.05, 4.69) is 15.3 Å². The summed E-state index contributed by atoms with van der Waals surface area (Å²) < 4.78 is 12.1. The number of aryl methyl sites for hydroxylation is 1. The van der Waals surface area contributed by atoms with Gasteiger partial charge in [0.25, 0.3) is 5.56 Å². The molecular formula is C18H20N4O5. The van der Waals surface area contributed by atoms with Crippen LogP contribution in [-0.2, 0) is 15.9 Å². The number of hydrogen-bond acceptors (Lipinski definition) is 6. The first kappa shape index (κ1) is 18.6. The Kier molecular flexibility index (Phi) is 5.82. The molecule has 0 aromatic carbocycles. The molecule has 9 nitrogen and oxygen atoms in total. The number of H-pyrrole nitrogens is 1. The van der Waals surface area contributed by atoms with E-state index in [-0.39, 0.29) is 6.61 Å². The first-order valence-electron chi connectivity index (χ1n) is 8.49. The molecule has 2 aromatic rings. The number of pyridine rings is 1. The standard InChI is InChI=1S/C18H20N4O5/c1-12-10-22(17(24)21-16(12)23)15-6-5-14(27-15)11-26-18(25)20-9-7-13-4-2-3-8-19-13/h2-6,8,10,14-15H,7,9,11H2,1H3,(H,20,25)(H,21,23,24)/t14-,15+/m0/s1. The molecule has 3 rings (SSSR count). The van der Waals surface area contributed by atoms with Crippen molar-refractivity contribution in [2.45, 2.75) is 25.7 Å². The van der Waals surface area contributed by atoms with Crippen LogP contribution in [0.3, 0.4) is 0 Å². The van der Waals surface area contributed by atoms with Gasteiger partial charge >= 0.3 is 11.8 Å². The average Bonchev–Trinajstić information content (AvgIpc) is 3.13. The normalized spacial score (nSPS) is 18.4. The van der Waals surface area contributed by atoms with Crippen LogP contribution in [0.25, 0.3) is 0 Å². The van der Waals surface area contributed by atoms with Gasteiger partial charge in [0.05, 0.1) is 0 Å². The number of nitrogens with one attached hydrogen (secondary N) is 2. The number of carbonyl (C=O) groups excluding carboxylic acids is 1. The second kappa shape index (κ2) is 8.45. The second-order valence-electron chi connectivity index (χ2n) is 6.02. The topological polar surface area (TPSA) is 115 Å². The summed E-state index contributed by atoms with van der Waals surface area (Å²) in [7, 11) is 0. The third kappa shape index (κ3) is 4.91. The van der Waals surface area contributed by atoms with Crippen molar-refractivity contribution < 1.29 is 14.3 Å². The van der Waals surface area contributed by atoms with Crippen molar-refractivity contribution in [1.82, 2.24) is 19.9 Å². The molecule has 0 saturated heterocycles. The van der Waals surface area contributed by atoms with Crippen molar-refractivity contribution >= 4 is 6.09 Å². The maximum atomic E-state index is 11.9. The van der Waals surface area contributed by atoms with E-state index < -0.39 is 29.7 Å². The van der Waals surface area contributed by atoms with Gasteiger partial charge in [0.2, 0.25) is 0 Å². The fourth-order valence-corrected chi connectivity index (χ4v) is 2.56. The molecule has 1 aliphatic heterocycles. The van der Waals surface area contributed by atoms with Gasteiger partial charge in [-0.15, -0.1) is 0 Å². The second-order valence-corrected chi connectivity index (χ2v) is 6.02. The SMILES string of the molecule is Cc1cn([C@H]2C=C[C@@H](COC(=O)NCCc3ccccn3)O2)c(=O)[nH]c1=O. The molecule has 0 aliphatic carbocycles. The minimum atomic E-state index is -0.658. The van der Waals surface area contributed by atoms with E-state index in [0.717, 1.165) is 5.69 Å². The molecule has 0 radical (unpaired) electrons. The predicted molar refractivity (Wildman–Crippen MR) is 96.4 cm³/mol. The molecular weight excluding hydrogens is 352 g/mol. The fraction of sp³-hybridized carbons (Fsp3) is 0.333. The number of rotatable bonds is 6. The van der Waals surface area contributed by atoms with E-state index in [1.807, 2.05) is 18.2 Å². The average molecular weight is 372 g/mol. The lowest BCUT2D eigenvalue weighted by atomic mass is 10.3. The highest BCUT2D eigenvalue weighted by molar-refractivity contribution is 5.67. The van der Waals surface area contributed by atoms with Gasteiger partial charge in [-0.3, -0.25) is 19.3 Å². The number of ether oxygens (including phenoxy) is 2. The number of nitrogens with zero attached hydrogens (tertiary/aromatic N) is 2. The van der Waals surface area contributed by atoms with Crippen LogP contribution in [0, 0.1) is 6.92 Å². The fourth-order valence-electron chi connectivity index (χ4n) is 2.56. The van der Waals surface area contributed by atoms with Crippen LogP contribution >= 0.6 is 0 Å². The highest BCUT2D eigenvalue weighted by Gasteiger charge is 2.23. The summed E-state index contributed by atoms with van der Waals surface area (Å²) in [5.74, 6) is 0. The van der Waals surface area contributed by atoms with Crippen molar-refractivity contribution in [3.05, 3.63) is 74.8 Å². The lowest BCUT2D eigenvalue weighted by Crippen LogP contribution is -2.34. The Hall–Kier alpha value is -3.20. The molecule has 9 heteroatoms. The Bertz CT molecular complexity index is 935. The van der Waals surface area contributed by atoms with Gasteiger partial charge < -0.3 is 14.8 Å². The minimum absolute atomic E-state index is 0.0134.